The Labute approximate surface area is 189 Å². The normalized spacial score (nSPS) is 11.4. The van der Waals surface area contributed by atoms with Gasteiger partial charge in [-0.1, -0.05) is 97.4 Å². The van der Waals surface area contributed by atoms with E-state index >= 15 is 0 Å². The second-order valence-corrected chi connectivity index (χ2v) is 8.02. The van der Waals surface area contributed by atoms with Gasteiger partial charge in [0.1, 0.15) is 5.54 Å². The van der Waals surface area contributed by atoms with Crippen LogP contribution in [0.25, 0.3) is 0 Å². The van der Waals surface area contributed by atoms with Crippen LogP contribution in [-0.2, 0) is 16.8 Å². The van der Waals surface area contributed by atoms with Crippen molar-refractivity contribution >= 4 is 5.97 Å². The summed E-state index contributed by atoms with van der Waals surface area (Å²) in [7, 11) is 0. The van der Waals surface area contributed by atoms with Gasteiger partial charge in [0.15, 0.2) is 0 Å². The molecule has 4 rings (SSSR count). The maximum absolute atomic E-state index is 10.8. The summed E-state index contributed by atoms with van der Waals surface area (Å²) in [6, 6.07) is 31.7. The molecule has 0 amide bonds. The molecule has 0 bridgehead atoms. The van der Waals surface area contributed by atoms with Crippen LogP contribution < -0.4 is 0 Å². The Morgan fingerprint density at radius 3 is 1.72 bits per heavy atom. The SMILES string of the molecule is O=C(O)CCCCCc1cncn1C(c1ccccc1)(c1ccccc1)c1ccccc1. The fourth-order valence-corrected chi connectivity index (χ4v) is 4.52. The number of hydrogen-bond acceptors (Lipinski definition) is 2. The minimum Gasteiger partial charge on any atom is -0.481 e. The topological polar surface area (TPSA) is 55.1 Å². The summed E-state index contributed by atoms with van der Waals surface area (Å²) >= 11 is 0. The molecule has 1 N–H and O–H groups in total. The first-order chi connectivity index (χ1) is 15.7. The van der Waals surface area contributed by atoms with Gasteiger partial charge in [-0.2, -0.15) is 0 Å². The fourth-order valence-electron chi connectivity index (χ4n) is 4.52. The number of carbonyl (C=O) groups is 1. The molecule has 1 aromatic heterocycles. The standard InChI is InChI=1S/C28H28N2O2/c31-27(32)20-12-4-11-19-26-21-29-22-30(26)28(23-13-5-1-6-14-23,24-15-7-2-8-16-24)25-17-9-3-10-18-25/h1-3,5-10,13-18,21-22H,4,11-12,19-20H2,(H,31,32). The van der Waals surface area contributed by atoms with Crippen LogP contribution in [0, 0.1) is 0 Å². The number of imidazole rings is 1. The zero-order chi connectivity index (χ0) is 22.2. The second-order valence-electron chi connectivity index (χ2n) is 8.02. The maximum Gasteiger partial charge on any atom is 0.303 e. The van der Waals surface area contributed by atoms with Gasteiger partial charge in [-0.25, -0.2) is 4.98 Å². The summed E-state index contributed by atoms with van der Waals surface area (Å²) in [4.78, 5) is 15.4. The van der Waals surface area contributed by atoms with Crippen LogP contribution in [0.3, 0.4) is 0 Å². The van der Waals surface area contributed by atoms with Crippen LogP contribution >= 0.6 is 0 Å². The molecular formula is C28H28N2O2. The largest absolute Gasteiger partial charge is 0.481 e. The quantitative estimate of drug-likeness (QED) is 0.254. The highest BCUT2D eigenvalue weighted by atomic mass is 16.4. The first-order valence-electron chi connectivity index (χ1n) is 11.1. The van der Waals surface area contributed by atoms with E-state index in [2.05, 4.69) is 82.3 Å². The predicted molar refractivity (Wildman–Crippen MR) is 127 cm³/mol. The molecule has 0 fully saturated rings. The Morgan fingerprint density at radius 2 is 1.25 bits per heavy atom. The molecule has 4 aromatic rings. The fraction of sp³-hybridized carbons (Fsp3) is 0.214. The average molecular weight is 425 g/mol. The van der Waals surface area contributed by atoms with Crippen LogP contribution in [0.4, 0.5) is 0 Å². The summed E-state index contributed by atoms with van der Waals surface area (Å²) in [5.74, 6) is -0.730. The van der Waals surface area contributed by atoms with Crippen molar-refractivity contribution in [3.05, 3.63) is 126 Å². The van der Waals surface area contributed by atoms with Crippen molar-refractivity contribution in [2.24, 2.45) is 0 Å². The third kappa shape index (κ3) is 4.35. The van der Waals surface area contributed by atoms with Crippen molar-refractivity contribution in [2.45, 2.75) is 37.6 Å². The van der Waals surface area contributed by atoms with E-state index in [4.69, 9.17) is 5.11 Å². The number of benzene rings is 3. The van der Waals surface area contributed by atoms with Crippen molar-refractivity contribution in [3.63, 3.8) is 0 Å². The van der Waals surface area contributed by atoms with Gasteiger partial charge < -0.3 is 9.67 Å². The molecule has 1 heterocycles. The number of carboxylic acid groups (broad SMARTS) is 1. The van der Waals surface area contributed by atoms with Gasteiger partial charge in [-0.3, -0.25) is 4.79 Å². The van der Waals surface area contributed by atoms with Crippen molar-refractivity contribution in [1.82, 2.24) is 9.55 Å². The highest BCUT2D eigenvalue weighted by Crippen LogP contribution is 2.41. The molecule has 3 aromatic carbocycles. The monoisotopic (exact) mass is 424 g/mol. The first-order valence-corrected chi connectivity index (χ1v) is 11.1. The summed E-state index contributed by atoms with van der Waals surface area (Å²) in [5, 5.41) is 8.91. The van der Waals surface area contributed by atoms with Crippen LogP contribution in [-0.4, -0.2) is 20.6 Å². The average Bonchev–Trinajstić information content (AvgIpc) is 3.30. The minimum absolute atomic E-state index is 0.223. The maximum atomic E-state index is 10.8. The lowest BCUT2D eigenvalue weighted by molar-refractivity contribution is -0.137. The van der Waals surface area contributed by atoms with E-state index in [1.54, 1.807) is 0 Å². The molecule has 0 aliphatic heterocycles. The van der Waals surface area contributed by atoms with Crippen molar-refractivity contribution < 1.29 is 9.90 Å². The molecule has 0 aliphatic carbocycles. The van der Waals surface area contributed by atoms with Crippen molar-refractivity contribution in [3.8, 4) is 0 Å². The Morgan fingerprint density at radius 1 is 0.750 bits per heavy atom. The lowest BCUT2D eigenvalue weighted by atomic mass is 9.76. The smallest absolute Gasteiger partial charge is 0.303 e. The van der Waals surface area contributed by atoms with E-state index in [9.17, 15) is 4.79 Å². The van der Waals surface area contributed by atoms with E-state index in [-0.39, 0.29) is 6.42 Å². The van der Waals surface area contributed by atoms with Gasteiger partial charge in [0.25, 0.3) is 0 Å². The lowest BCUT2D eigenvalue weighted by Gasteiger charge is -2.38. The van der Waals surface area contributed by atoms with Crippen LogP contribution in [0.1, 0.15) is 48.1 Å². The molecular weight excluding hydrogens is 396 g/mol. The number of carboxylic acids is 1. The van der Waals surface area contributed by atoms with E-state index in [0.717, 1.165) is 25.0 Å². The Hall–Kier alpha value is -3.66. The van der Waals surface area contributed by atoms with Crippen molar-refractivity contribution in [2.75, 3.05) is 0 Å². The highest BCUT2D eigenvalue weighted by molar-refractivity contribution is 5.66. The van der Waals surface area contributed by atoms with Crippen LogP contribution in [0.5, 0.6) is 0 Å². The van der Waals surface area contributed by atoms with E-state index in [0.29, 0.717) is 6.42 Å². The van der Waals surface area contributed by atoms with E-state index in [1.165, 1.54) is 16.7 Å². The lowest BCUT2D eigenvalue weighted by Crippen LogP contribution is -2.38. The molecule has 0 atom stereocenters. The zero-order valence-corrected chi connectivity index (χ0v) is 18.1. The molecule has 0 aliphatic rings. The highest BCUT2D eigenvalue weighted by Gasteiger charge is 2.39. The number of aliphatic carboxylic acids is 1. The van der Waals surface area contributed by atoms with Gasteiger partial charge in [-0.15, -0.1) is 0 Å². The molecule has 4 heteroatoms. The predicted octanol–water partition coefficient (Wildman–Crippen LogP) is 5.91. The molecule has 0 saturated carbocycles. The van der Waals surface area contributed by atoms with Gasteiger partial charge in [0.2, 0.25) is 0 Å². The van der Waals surface area contributed by atoms with Gasteiger partial charge in [0, 0.05) is 18.3 Å². The van der Waals surface area contributed by atoms with Crippen LogP contribution in [0.2, 0.25) is 0 Å². The zero-order valence-electron chi connectivity index (χ0n) is 18.1. The van der Waals surface area contributed by atoms with Gasteiger partial charge in [-0.05, 0) is 36.0 Å². The Bertz CT molecular complexity index is 1030. The summed E-state index contributed by atoms with van der Waals surface area (Å²) in [6.45, 7) is 0. The van der Waals surface area contributed by atoms with Gasteiger partial charge >= 0.3 is 5.97 Å². The summed E-state index contributed by atoms with van der Waals surface area (Å²) in [6.07, 6.45) is 7.44. The number of rotatable bonds is 10. The molecule has 0 unspecified atom stereocenters. The molecule has 0 radical (unpaired) electrons. The third-order valence-corrected chi connectivity index (χ3v) is 5.97. The molecule has 0 saturated heterocycles. The number of nitrogens with zero attached hydrogens (tertiary/aromatic N) is 2. The number of hydrogen-bond donors (Lipinski definition) is 1. The second kappa shape index (κ2) is 10.1. The Balaban J connectivity index is 1.83. The Kier molecular flexibility index (Phi) is 6.81. The number of unbranched alkanes of at least 4 members (excludes halogenated alkanes) is 2. The molecule has 32 heavy (non-hydrogen) atoms. The third-order valence-electron chi connectivity index (χ3n) is 5.97. The van der Waals surface area contributed by atoms with Crippen molar-refractivity contribution in [1.29, 1.82) is 0 Å². The minimum atomic E-state index is -0.730. The number of aryl methyl sites for hydroxylation is 1. The van der Waals surface area contributed by atoms with E-state index in [1.807, 2.05) is 30.7 Å². The summed E-state index contributed by atoms with van der Waals surface area (Å²) in [5.41, 5.74) is 4.08. The number of aromatic nitrogens is 2. The molecule has 0 spiro atoms. The van der Waals surface area contributed by atoms with E-state index < -0.39 is 11.5 Å². The van der Waals surface area contributed by atoms with Gasteiger partial charge in [0.05, 0.1) is 6.33 Å². The van der Waals surface area contributed by atoms with Crippen LogP contribution in [0.15, 0.2) is 104 Å². The first kappa shape index (κ1) is 21.6. The summed E-state index contributed by atoms with van der Waals surface area (Å²) < 4.78 is 2.30. The molecule has 162 valence electrons. The molecule has 4 nitrogen and oxygen atoms in total.